The van der Waals surface area contributed by atoms with Gasteiger partial charge in [0.15, 0.2) is 0 Å². The third-order valence-electron chi connectivity index (χ3n) is 3.19. The molecule has 1 aromatic carbocycles. The standard InChI is InChI=1S/C13H13ClFNO3/c1-19-13(18)8-5-6-16(7-8)12(17)11-9(14)3-2-4-10(11)15/h2-4,8H,5-7H2,1H3. The fourth-order valence-electron chi connectivity index (χ4n) is 2.16. The molecule has 6 heteroatoms. The summed E-state index contributed by atoms with van der Waals surface area (Å²) >= 11 is 5.85. The van der Waals surface area contributed by atoms with Crippen LogP contribution in [-0.2, 0) is 9.53 Å². The molecular formula is C13H13ClFNO3. The molecule has 0 aliphatic carbocycles. The molecule has 102 valence electrons. The van der Waals surface area contributed by atoms with Crippen molar-refractivity contribution in [1.29, 1.82) is 0 Å². The number of benzene rings is 1. The monoisotopic (exact) mass is 285 g/mol. The number of esters is 1. The Bertz CT molecular complexity index is 500. The summed E-state index contributed by atoms with van der Waals surface area (Å²) in [6.45, 7) is 0.624. The Morgan fingerprint density at radius 3 is 2.84 bits per heavy atom. The molecule has 0 spiro atoms. The van der Waals surface area contributed by atoms with Crippen LogP contribution in [0.5, 0.6) is 0 Å². The molecule has 1 saturated heterocycles. The zero-order valence-electron chi connectivity index (χ0n) is 10.4. The van der Waals surface area contributed by atoms with Crippen molar-refractivity contribution in [3.05, 3.63) is 34.6 Å². The first-order valence-corrected chi connectivity index (χ1v) is 6.23. The molecule has 1 atom stereocenters. The summed E-state index contributed by atoms with van der Waals surface area (Å²) in [5.74, 6) is -1.84. The number of hydrogen-bond donors (Lipinski definition) is 0. The SMILES string of the molecule is COC(=O)C1CCN(C(=O)c2c(F)cccc2Cl)C1. The van der Waals surface area contributed by atoms with Crippen molar-refractivity contribution in [1.82, 2.24) is 4.90 Å². The summed E-state index contributed by atoms with van der Waals surface area (Å²) in [6.07, 6.45) is 0.518. The van der Waals surface area contributed by atoms with Crippen LogP contribution in [0.3, 0.4) is 0 Å². The molecule has 0 bridgehead atoms. The van der Waals surface area contributed by atoms with Gasteiger partial charge >= 0.3 is 5.97 Å². The highest BCUT2D eigenvalue weighted by atomic mass is 35.5. The van der Waals surface area contributed by atoms with Gasteiger partial charge < -0.3 is 9.64 Å². The van der Waals surface area contributed by atoms with Crippen LogP contribution in [0.15, 0.2) is 18.2 Å². The molecule has 4 nitrogen and oxygen atoms in total. The quantitative estimate of drug-likeness (QED) is 0.782. The second kappa shape index (κ2) is 5.57. The average Bonchev–Trinajstić information content (AvgIpc) is 2.87. The number of methoxy groups -OCH3 is 1. The van der Waals surface area contributed by atoms with Gasteiger partial charge in [0.05, 0.1) is 23.6 Å². The molecule has 1 aromatic rings. The molecule has 1 aliphatic heterocycles. The summed E-state index contributed by atoms with van der Waals surface area (Å²) in [5, 5.41) is 0.0755. The van der Waals surface area contributed by atoms with Gasteiger partial charge in [-0.3, -0.25) is 9.59 Å². The minimum absolute atomic E-state index is 0.0755. The Morgan fingerprint density at radius 1 is 1.47 bits per heavy atom. The fourth-order valence-corrected chi connectivity index (χ4v) is 2.41. The van der Waals surface area contributed by atoms with Crippen molar-refractivity contribution in [2.75, 3.05) is 20.2 Å². The molecular weight excluding hydrogens is 273 g/mol. The van der Waals surface area contributed by atoms with Gasteiger partial charge in [-0.1, -0.05) is 17.7 Å². The number of nitrogens with zero attached hydrogens (tertiary/aromatic N) is 1. The van der Waals surface area contributed by atoms with E-state index in [0.717, 1.165) is 0 Å². The summed E-state index contributed by atoms with van der Waals surface area (Å²) in [4.78, 5) is 25.0. The average molecular weight is 286 g/mol. The van der Waals surface area contributed by atoms with Crippen LogP contribution >= 0.6 is 11.6 Å². The molecule has 1 amide bonds. The van der Waals surface area contributed by atoms with Crippen molar-refractivity contribution < 1.29 is 18.7 Å². The summed E-state index contributed by atoms with van der Waals surface area (Å²) < 4.78 is 18.3. The maximum absolute atomic E-state index is 13.7. The van der Waals surface area contributed by atoms with E-state index in [4.69, 9.17) is 11.6 Å². The maximum Gasteiger partial charge on any atom is 0.310 e. The molecule has 19 heavy (non-hydrogen) atoms. The third-order valence-corrected chi connectivity index (χ3v) is 3.50. The first kappa shape index (κ1) is 13.8. The predicted molar refractivity (Wildman–Crippen MR) is 67.4 cm³/mol. The third kappa shape index (κ3) is 2.71. The van der Waals surface area contributed by atoms with Crippen molar-refractivity contribution in [2.24, 2.45) is 5.92 Å². The molecule has 1 heterocycles. The lowest BCUT2D eigenvalue weighted by atomic mass is 10.1. The number of likely N-dealkylation sites (tertiary alicyclic amines) is 1. The highest BCUT2D eigenvalue weighted by molar-refractivity contribution is 6.33. The number of rotatable bonds is 2. The Kier molecular flexibility index (Phi) is 4.04. The zero-order chi connectivity index (χ0) is 14.0. The second-order valence-corrected chi connectivity index (χ2v) is 4.76. The lowest BCUT2D eigenvalue weighted by molar-refractivity contribution is -0.144. The van der Waals surface area contributed by atoms with E-state index < -0.39 is 11.7 Å². The first-order chi connectivity index (χ1) is 9.04. The summed E-state index contributed by atoms with van der Waals surface area (Å²) in [6, 6.07) is 4.09. The van der Waals surface area contributed by atoms with E-state index in [1.807, 2.05) is 0 Å². The topological polar surface area (TPSA) is 46.6 Å². The van der Waals surface area contributed by atoms with Crippen LogP contribution in [0.1, 0.15) is 16.8 Å². The second-order valence-electron chi connectivity index (χ2n) is 4.36. The van der Waals surface area contributed by atoms with Gasteiger partial charge in [-0.25, -0.2) is 4.39 Å². The van der Waals surface area contributed by atoms with E-state index >= 15 is 0 Å². The first-order valence-electron chi connectivity index (χ1n) is 5.85. The highest BCUT2D eigenvalue weighted by Crippen LogP contribution is 2.25. The number of carbonyl (C=O) groups excluding carboxylic acids is 2. The maximum atomic E-state index is 13.7. The smallest absolute Gasteiger partial charge is 0.310 e. The van der Waals surface area contributed by atoms with E-state index in [1.165, 1.54) is 30.2 Å². The van der Waals surface area contributed by atoms with Gasteiger partial charge in [0.1, 0.15) is 5.82 Å². The molecule has 0 radical (unpaired) electrons. The van der Waals surface area contributed by atoms with Gasteiger partial charge in [0, 0.05) is 13.1 Å². The van der Waals surface area contributed by atoms with Gasteiger partial charge in [-0.2, -0.15) is 0 Å². The van der Waals surface area contributed by atoms with Crippen LogP contribution in [0.2, 0.25) is 5.02 Å². The molecule has 0 N–H and O–H groups in total. The lowest BCUT2D eigenvalue weighted by Gasteiger charge is -2.17. The summed E-state index contributed by atoms with van der Waals surface area (Å²) in [5.41, 5.74) is -0.144. The van der Waals surface area contributed by atoms with Crippen LogP contribution in [-0.4, -0.2) is 37.0 Å². The fraction of sp³-hybridized carbons (Fsp3) is 0.385. The van der Waals surface area contributed by atoms with Crippen molar-refractivity contribution in [3.63, 3.8) is 0 Å². The van der Waals surface area contributed by atoms with Gasteiger partial charge in [0.25, 0.3) is 5.91 Å². The van der Waals surface area contributed by atoms with Crippen LogP contribution in [0.4, 0.5) is 4.39 Å². The lowest BCUT2D eigenvalue weighted by Crippen LogP contribution is -2.31. The Labute approximate surface area is 115 Å². The number of ether oxygens (including phenoxy) is 1. The number of hydrogen-bond acceptors (Lipinski definition) is 3. The molecule has 1 unspecified atom stereocenters. The number of carbonyl (C=O) groups is 2. The normalized spacial score (nSPS) is 18.5. The van der Waals surface area contributed by atoms with E-state index in [1.54, 1.807) is 0 Å². The minimum atomic E-state index is -0.654. The largest absolute Gasteiger partial charge is 0.469 e. The van der Waals surface area contributed by atoms with Crippen molar-refractivity contribution >= 4 is 23.5 Å². The van der Waals surface area contributed by atoms with Crippen LogP contribution < -0.4 is 0 Å². The van der Waals surface area contributed by atoms with Gasteiger partial charge in [-0.05, 0) is 18.6 Å². The Hall–Kier alpha value is -1.62. The van der Waals surface area contributed by atoms with Gasteiger partial charge in [-0.15, -0.1) is 0 Å². The molecule has 0 aromatic heterocycles. The molecule has 1 fully saturated rings. The van der Waals surface area contributed by atoms with Crippen molar-refractivity contribution in [3.8, 4) is 0 Å². The zero-order valence-corrected chi connectivity index (χ0v) is 11.1. The minimum Gasteiger partial charge on any atom is -0.469 e. The van der Waals surface area contributed by atoms with E-state index in [-0.39, 0.29) is 29.0 Å². The van der Waals surface area contributed by atoms with E-state index in [9.17, 15) is 14.0 Å². The Balaban J connectivity index is 2.16. The van der Waals surface area contributed by atoms with Crippen LogP contribution in [0.25, 0.3) is 0 Å². The van der Waals surface area contributed by atoms with E-state index in [0.29, 0.717) is 13.0 Å². The molecule has 1 aliphatic rings. The number of halogens is 2. The summed E-state index contributed by atoms with van der Waals surface area (Å²) in [7, 11) is 1.31. The van der Waals surface area contributed by atoms with Crippen molar-refractivity contribution in [2.45, 2.75) is 6.42 Å². The number of amides is 1. The molecule has 2 rings (SSSR count). The highest BCUT2D eigenvalue weighted by Gasteiger charge is 2.33. The van der Waals surface area contributed by atoms with Crippen LogP contribution in [0, 0.1) is 11.7 Å². The van der Waals surface area contributed by atoms with Gasteiger partial charge in [0.2, 0.25) is 0 Å². The molecule has 0 saturated carbocycles. The van der Waals surface area contributed by atoms with E-state index in [2.05, 4.69) is 4.74 Å². The predicted octanol–water partition coefficient (Wildman–Crippen LogP) is 2.11. The Morgan fingerprint density at radius 2 is 2.21 bits per heavy atom.